The van der Waals surface area contributed by atoms with Gasteiger partial charge in [0.1, 0.15) is 13.2 Å². The summed E-state index contributed by atoms with van der Waals surface area (Å²) in [4.78, 5) is 37.0. The molecule has 0 aliphatic rings. The normalized spacial score (nSPS) is 14.1. The fraction of sp³-hybridized carbons (Fsp3) is 0.534. The molecule has 0 saturated carbocycles. The second-order valence-electron chi connectivity index (χ2n) is 17.0. The molecule has 0 aromatic rings. The summed E-state index contributed by atoms with van der Waals surface area (Å²) < 4.78 is 22.4. The van der Waals surface area contributed by atoms with Crippen LogP contribution in [0.1, 0.15) is 142 Å². The lowest BCUT2D eigenvalue weighted by atomic mass is 10.1. The third-order valence-corrected chi connectivity index (χ3v) is 9.60. The number of likely N-dealkylation sites (N-methyl/N-ethyl adjacent to an activating group) is 1. The highest BCUT2D eigenvalue weighted by atomic mass is 16.7. The van der Waals surface area contributed by atoms with Gasteiger partial charge in [-0.05, 0) is 103 Å². The molecule has 0 heterocycles. The van der Waals surface area contributed by atoms with Crippen LogP contribution in [-0.4, -0.2) is 82.3 Å². The number of esters is 2. The van der Waals surface area contributed by atoms with Crippen LogP contribution in [0.15, 0.2) is 146 Å². The van der Waals surface area contributed by atoms with E-state index in [1.165, 1.54) is 0 Å². The Bertz CT molecular complexity index is 1600. The lowest BCUT2D eigenvalue weighted by Gasteiger charge is -2.26. The Hall–Kier alpha value is -4.83. The van der Waals surface area contributed by atoms with Gasteiger partial charge in [-0.1, -0.05) is 173 Å². The molecule has 0 aliphatic carbocycles. The minimum Gasteiger partial charge on any atom is -0.545 e. The van der Waals surface area contributed by atoms with Gasteiger partial charge in [-0.25, -0.2) is 0 Å². The first-order valence-corrected chi connectivity index (χ1v) is 25.0. The summed E-state index contributed by atoms with van der Waals surface area (Å²) in [6.07, 6.45) is 66.2. The summed E-state index contributed by atoms with van der Waals surface area (Å²) in [6, 6.07) is 0. The number of carbonyl (C=O) groups is 3. The standard InChI is InChI=1S/C58H89NO8/c1-6-8-10-12-14-16-18-20-21-22-23-24-25-26-27-28-29-30-31-32-33-34-35-37-39-41-43-45-47-49-56(61)67-54(53-66-58(57(62)63)64-51-50-59(3,4)5)52-65-55(60)48-46-44-42-40-38-36-19-17-15-13-11-9-7-2/h8-11,14-17,20-21,23-24,26-27,29-30,32-33,35-38,42,44,54,58H,6-7,12-13,18-19,22,25,28,31,34,39-41,43,45-53H2,1-5H3/b10-8-,11-9-,16-14-,17-15-,21-20-,24-23-,27-26-,30-29-,33-32-,37-35-,38-36-,44-42-. The van der Waals surface area contributed by atoms with E-state index in [0.29, 0.717) is 23.9 Å². The van der Waals surface area contributed by atoms with Crippen molar-refractivity contribution in [2.75, 3.05) is 47.5 Å². The molecule has 9 nitrogen and oxygen atoms in total. The summed E-state index contributed by atoms with van der Waals surface area (Å²) in [5, 5.41) is 11.7. The van der Waals surface area contributed by atoms with Gasteiger partial charge >= 0.3 is 11.9 Å². The average molecular weight is 928 g/mol. The number of ether oxygens (including phenoxy) is 4. The van der Waals surface area contributed by atoms with Crippen molar-refractivity contribution in [1.82, 2.24) is 0 Å². The molecule has 0 aliphatic heterocycles. The molecule has 0 saturated heterocycles. The number of nitrogens with zero attached hydrogens (tertiary/aromatic N) is 1. The zero-order valence-electron chi connectivity index (χ0n) is 42.2. The molecule has 0 aromatic heterocycles. The van der Waals surface area contributed by atoms with Crippen molar-refractivity contribution >= 4 is 17.9 Å². The number of unbranched alkanes of at least 4 members (excludes halogenated alkanes) is 4. The van der Waals surface area contributed by atoms with Crippen molar-refractivity contribution in [2.24, 2.45) is 0 Å². The minimum absolute atomic E-state index is 0.122. The number of quaternary nitrogens is 1. The molecule has 0 N–H and O–H groups in total. The lowest BCUT2D eigenvalue weighted by Crippen LogP contribution is -2.44. The summed E-state index contributed by atoms with van der Waals surface area (Å²) in [5.74, 6) is -2.45. The highest BCUT2D eigenvalue weighted by molar-refractivity contribution is 5.70. The van der Waals surface area contributed by atoms with Gasteiger partial charge in [0, 0.05) is 12.8 Å². The maximum Gasteiger partial charge on any atom is 0.306 e. The minimum atomic E-state index is -1.65. The van der Waals surface area contributed by atoms with E-state index in [9.17, 15) is 19.5 Å². The first-order chi connectivity index (χ1) is 32.6. The third-order valence-electron chi connectivity index (χ3n) is 9.60. The van der Waals surface area contributed by atoms with Crippen molar-refractivity contribution in [2.45, 2.75) is 155 Å². The number of carboxylic acids is 1. The number of carbonyl (C=O) groups excluding carboxylic acids is 3. The van der Waals surface area contributed by atoms with Gasteiger partial charge in [-0.2, -0.15) is 0 Å². The Kier molecular flexibility index (Phi) is 44.2. The van der Waals surface area contributed by atoms with Crippen LogP contribution in [0.4, 0.5) is 0 Å². The van der Waals surface area contributed by atoms with Gasteiger partial charge < -0.3 is 33.3 Å². The maximum absolute atomic E-state index is 12.8. The average Bonchev–Trinajstić information content (AvgIpc) is 3.29. The van der Waals surface area contributed by atoms with E-state index in [4.69, 9.17) is 18.9 Å². The Morgan fingerprint density at radius 1 is 0.448 bits per heavy atom. The number of carboxylic acid groups (broad SMARTS) is 1. The van der Waals surface area contributed by atoms with Crippen LogP contribution in [0.5, 0.6) is 0 Å². The molecule has 67 heavy (non-hydrogen) atoms. The quantitative estimate of drug-likeness (QED) is 0.0195. The van der Waals surface area contributed by atoms with E-state index >= 15 is 0 Å². The molecule has 0 radical (unpaired) electrons. The van der Waals surface area contributed by atoms with Crippen LogP contribution in [0.3, 0.4) is 0 Å². The van der Waals surface area contributed by atoms with Crippen molar-refractivity contribution in [3.8, 4) is 0 Å². The smallest absolute Gasteiger partial charge is 0.306 e. The number of rotatable bonds is 43. The molecule has 0 spiro atoms. The Balaban J connectivity index is 4.46. The topological polar surface area (TPSA) is 111 Å². The van der Waals surface area contributed by atoms with Gasteiger partial charge in [0.2, 0.25) is 0 Å². The van der Waals surface area contributed by atoms with Crippen LogP contribution in [-0.2, 0) is 33.3 Å². The maximum atomic E-state index is 12.8. The molecule has 0 fully saturated rings. The third kappa shape index (κ3) is 48.9. The fourth-order valence-corrected chi connectivity index (χ4v) is 5.80. The van der Waals surface area contributed by atoms with Crippen LogP contribution in [0, 0.1) is 0 Å². The van der Waals surface area contributed by atoms with Gasteiger partial charge in [-0.3, -0.25) is 9.59 Å². The second-order valence-corrected chi connectivity index (χ2v) is 17.0. The van der Waals surface area contributed by atoms with E-state index in [-0.39, 0.29) is 32.7 Å². The first-order valence-electron chi connectivity index (χ1n) is 25.0. The molecular formula is C58H89NO8. The van der Waals surface area contributed by atoms with Crippen LogP contribution >= 0.6 is 0 Å². The number of allylic oxidation sites excluding steroid dienone is 24. The van der Waals surface area contributed by atoms with Crippen molar-refractivity contribution in [3.63, 3.8) is 0 Å². The zero-order chi connectivity index (χ0) is 49.2. The number of hydrogen-bond donors (Lipinski definition) is 0. The van der Waals surface area contributed by atoms with Gasteiger partial charge in [0.15, 0.2) is 12.4 Å². The largest absolute Gasteiger partial charge is 0.545 e. The molecule has 2 unspecified atom stereocenters. The second kappa shape index (κ2) is 47.7. The Labute approximate surface area is 407 Å². The molecule has 9 heteroatoms. The molecule has 374 valence electrons. The highest BCUT2D eigenvalue weighted by Gasteiger charge is 2.21. The molecule has 0 bridgehead atoms. The zero-order valence-corrected chi connectivity index (χ0v) is 42.2. The monoisotopic (exact) mass is 928 g/mol. The van der Waals surface area contributed by atoms with Crippen molar-refractivity contribution in [1.29, 1.82) is 0 Å². The fourth-order valence-electron chi connectivity index (χ4n) is 5.80. The lowest BCUT2D eigenvalue weighted by molar-refractivity contribution is -0.870. The Morgan fingerprint density at radius 3 is 1.24 bits per heavy atom. The van der Waals surface area contributed by atoms with E-state index in [0.717, 1.165) is 103 Å². The van der Waals surface area contributed by atoms with E-state index in [2.05, 4.69) is 148 Å². The van der Waals surface area contributed by atoms with Crippen LogP contribution in [0.2, 0.25) is 0 Å². The number of aliphatic carboxylic acids is 1. The SMILES string of the molecule is CC/C=C\C/C=C\C/C=C\C/C=C\C/C=C\C/C=C\C/C=C\C/C=C\CCCCCCC(=O)OC(COC(=O)CC/C=C\C/C=C\C/C=C\C/C=C\CC)COC(OCC[N+](C)(C)C)C(=O)[O-]. The molecule has 0 amide bonds. The van der Waals surface area contributed by atoms with Crippen LogP contribution < -0.4 is 5.11 Å². The summed E-state index contributed by atoms with van der Waals surface area (Å²) in [7, 11) is 5.86. The molecule has 0 rings (SSSR count). The predicted octanol–water partition coefficient (Wildman–Crippen LogP) is 12.8. The van der Waals surface area contributed by atoms with Gasteiger partial charge in [0.25, 0.3) is 0 Å². The van der Waals surface area contributed by atoms with Crippen LogP contribution in [0.25, 0.3) is 0 Å². The van der Waals surface area contributed by atoms with Crippen molar-refractivity contribution in [3.05, 3.63) is 146 Å². The molecular weight excluding hydrogens is 839 g/mol. The highest BCUT2D eigenvalue weighted by Crippen LogP contribution is 2.10. The summed E-state index contributed by atoms with van der Waals surface area (Å²) in [6.45, 7) is 4.35. The van der Waals surface area contributed by atoms with E-state index in [1.807, 2.05) is 33.3 Å². The van der Waals surface area contributed by atoms with Gasteiger partial charge in [-0.15, -0.1) is 0 Å². The first kappa shape index (κ1) is 62.2. The molecule has 2 atom stereocenters. The summed E-state index contributed by atoms with van der Waals surface area (Å²) in [5.41, 5.74) is 0. The van der Waals surface area contributed by atoms with E-state index in [1.54, 1.807) is 0 Å². The van der Waals surface area contributed by atoms with Gasteiger partial charge in [0.05, 0.1) is 40.3 Å². The Morgan fingerprint density at radius 2 is 0.836 bits per heavy atom. The van der Waals surface area contributed by atoms with E-state index < -0.39 is 30.3 Å². The summed E-state index contributed by atoms with van der Waals surface area (Å²) >= 11 is 0. The predicted molar refractivity (Wildman–Crippen MR) is 278 cm³/mol. The number of hydrogen-bond acceptors (Lipinski definition) is 8. The molecule has 0 aromatic carbocycles. The van der Waals surface area contributed by atoms with Crippen molar-refractivity contribution < 1.29 is 42.9 Å².